The molecule has 2 rings (SSSR count). The summed E-state index contributed by atoms with van der Waals surface area (Å²) in [6, 6.07) is 9.20. The van der Waals surface area contributed by atoms with Crippen molar-refractivity contribution >= 4 is 28.2 Å². The second-order valence-corrected chi connectivity index (χ2v) is 6.37. The number of aryl methyl sites for hydroxylation is 2. The van der Waals surface area contributed by atoms with E-state index in [-0.39, 0.29) is 6.61 Å². The van der Waals surface area contributed by atoms with E-state index in [9.17, 15) is 9.59 Å². The summed E-state index contributed by atoms with van der Waals surface area (Å²) in [7, 11) is 0. The van der Waals surface area contributed by atoms with E-state index < -0.39 is 18.0 Å². The van der Waals surface area contributed by atoms with Crippen LogP contribution in [0.25, 0.3) is 0 Å². The lowest BCUT2D eigenvalue weighted by molar-refractivity contribution is -0.155. The van der Waals surface area contributed by atoms with Crippen LogP contribution in [-0.2, 0) is 14.3 Å². The summed E-state index contributed by atoms with van der Waals surface area (Å²) < 4.78 is 10.5. The molecule has 0 radical (unpaired) electrons. The van der Waals surface area contributed by atoms with Crippen molar-refractivity contribution in [3.8, 4) is 11.8 Å². The molecule has 1 heterocycles. The van der Waals surface area contributed by atoms with Crippen LogP contribution in [-0.4, -0.2) is 24.6 Å². The van der Waals surface area contributed by atoms with Crippen molar-refractivity contribution in [1.82, 2.24) is 0 Å². The van der Waals surface area contributed by atoms with E-state index in [1.54, 1.807) is 17.5 Å². The first-order valence-electron chi connectivity index (χ1n) is 7.58. The van der Waals surface area contributed by atoms with Crippen molar-refractivity contribution in [3.05, 3.63) is 46.3 Å². The SMILES string of the molecule is Cc1ccc(OCC(=O)O[C@H](C)C(=O)Nc2sccc2C#N)c(C)c1. The summed E-state index contributed by atoms with van der Waals surface area (Å²) in [6.07, 6.45) is -0.996. The first-order valence-corrected chi connectivity index (χ1v) is 8.46. The number of nitrogens with zero attached hydrogens (tertiary/aromatic N) is 1. The maximum absolute atomic E-state index is 12.0. The quantitative estimate of drug-likeness (QED) is 0.801. The maximum atomic E-state index is 12.0. The molecule has 2 aromatic rings. The maximum Gasteiger partial charge on any atom is 0.344 e. The highest BCUT2D eigenvalue weighted by Crippen LogP contribution is 2.22. The molecule has 6 nitrogen and oxygen atoms in total. The number of esters is 1. The van der Waals surface area contributed by atoms with Gasteiger partial charge in [-0.3, -0.25) is 4.79 Å². The van der Waals surface area contributed by atoms with Gasteiger partial charge in [-0.25, -0.2) is 4.79 Å². The fourth-order valence-electron chi connectivity index (χ4n) is 2.09. The van der Waals surface area contributed by atoms with Gasteiger partial charge in [0, 0.05) is 0 Å². The average Bonchev–Trinajstić information content (AvgIpc) is 3.01. The molecule has 0 aliphatic heterocycles. The van der Waals surface area contributed by atoms with Crippen molar-refractivity contribution in [2.75, 3.05) is 11.9 Å². The molecule has 0 unspecified atom stereocenters. The third kappa shape index (κ3) is 5.06. The number of amides is 1. The third-order valence-electron chi connectivity index (χ3n) is 3.38. The van der Waals surface area contributed by atoms with Crippen molar-refractivity contribution in [2.45, 2.75) is 26.9 Å². The van der Waals surface area contributed by atoms with Gasteiger partial charge in [-0.05, 0) is 43.8 Å². The van der Waals surface area contributed by atoms with Gasteiger partial charge in [-0.15, -0.1) is 11.3 Å². The molecule has 1 N–H and O–H groups in total. The van der Waals surface area contributed by atoms with Gasteiger partial charge in [0.15, 0.2) is 12.7 Å². The molecule has 1 atom stereocenters. The Morgan fingerprint density at radius 1 is 1.32 bits per heavy atom. The number of thiophene rings is 1. The van der Waals surface area contributed by atoms with Gasteiger partial charge in [0.1, 0.15) is 16.8 Å². The molecular weight excluding hydrogens is 340 g/mol. The van der Waals surface area contributed by atoms with Gasteiger partial charge >= 0.3 is 5.97 Å². The lowest BCUT2D eigenvalue weighted by Crippen LogP contribution is -2.31. The molecule has 1 amide bonds. The molecule has 0 saturated carbocycles. The summed E-state index contributed by atoms with van der Waals surface area (Å²) in [4.78, 5) is 23.9. The minimum atomic E-state index is -0.996. The Labute approximate surface area is 150 Å². The molecule has 25 heavy (non-hydrogen) atoms. The number of carbonyl (C=O) groups excluding carboxylic acids is 2. The van der Waals surface area contributed by atoms with E-state index in [0.29, 0.717) is 16.3 Å². The summed E-state index contributed by atoms with van der Waals surface area (Å²) in [5, 5.41) is 13.6. The fraction of sp³-hybridized carbons (Fsp3) is 0.278. The van der Waals surface area contributed by atoms with E-state index in [4.69, 9.17) is 14.7 Å². The number of benzene rings is 1. The minimum absolute atomic E-state index is 0.288. The smallest absolute Gasteiger partial charge is 0.344 e. The summed E-state index contributed by atoms with van der Waals surface area (Å²) in [5.41, 5.74) is 2.39. The van der Waals surface area contributed by atoms with Gasteiger partial charge in [0.2, 0.25) is 0 Å². The van der Waals surface area contributed by atoms with Gasteiger partial charge in [0.25, 0.3) is 5.91 Å². The van der Waals surface area contributed by atoms with Crippen molar-refractivity contribution in [2.24, 2.45) is 0 Å². The number of anilines is 1. The molecule has 0 saturated heterocycles. The normalized spacial score (nSPS) is 11.3. The molecule has 130 valence electrons. The second kappa shape index (κ2) is 8.31. The molecule has 0 aliphatic carbocycles. The van der Waals surface area contributed by atoms with Crippen LogP contribution in [0.4, 0.5) is 5.00 Å². The molecule has 0 spiro atoms. The zero-order valence-electron chi connectivity index (χ0n) is 14.2. The fourth-order valence-corrected chi connectivity index (χ4v) is 2.83. The zero-order chi connectivity index (χ0) is 18.4. The van der Waals surface area contributed by atoms with Crippen LogP contribution in [0, 0.1) is 25.2 Å². The molecule has 0 aliphatic rings. The number of carbonyl (C=O) groups is 2. The number of hydrogen-bond acceptors (Lipinski definition) is 6. The van der Waals surface area contributed by atoms with Crippen molar-refractivity contribution in [3.63, 3.8) is 0 Å². The molecule has 0 bridgehead atoms. The number of ether oxygens (including phenoxy) is 2. The standard InChI is InChI=1S/C18H18N2O4S/c1-11-4-5-15(12(2)8-11)23-10-16(21)24-13(3)17(22)20-18-14(9-19)6-7-25-18/h4-8,13H,10H2,1-3H3,(H,20,22)/t13-/m1/s1. The van der Waals surface area contributed by atoms with Crippen molar-refractivity contribution in [1.29, 1.82) is 5.26 Å². The van der Waals surface area contributed by atoms with Crippen LogP contribution in [0.1, 0.15) is 23.6 Å². The van der Waals surface area contributed by atoms with Crippen LogP contribution in [0.3, 0.4) is 0 Å². The minimum Gasteiger partial charge on any atom is -0.482 e. The first-order chi connectivity index (χ1) is 11.9. The third-order valence-corrected chi connectivity index (χ3v) is 4.21. The van der Waals surface area contributed by atoms with Gasteiger partial charge < -0.3 is 14.8 Å². The number of rotatable bonds is 6. The monoisotopic (exact) mass is 358 g/mol. The highest BCUT2D eigenvalue weighted by Gasteiger charge is 2.20. The van der Waals surface area contributed by atoms with Gasteiger partial charge in [-0.2, -0.15) is 5.26 Å². The Bertz CT molecular complexity index is 823. The Morgan fingerprint density at radius 2 is 2.08 bits per heavy atom. The summed E-state index contributed by atoms with van der Waals surface area (Å²) in [6.45, 7) is 5.03. The highest BCUT2D eigenvalue weighted by atomic mass is 32.1. The largest absolute Gasteiger partial charge is 0.482 e. The summed E-state index contributed by atoms with van der Waals surface area (Å²) in [5.74, 6) is -0.551. The predicted octanol–water partition coefficient (Wildman–Crippen LogP) is 3.19. The highest BCUT2D eigenvalue weighted by molar-refractivity contribution is 7.14. The van der Waals surface area contributed by atoms with Crippen LogP contribution in [0.15, 0.2) is 29.6 Å². The van der Waals surface area contributed by atoms with E-state index in [1.165, 1.54) is 18.3 Å². The Hall–Kier alpha value is -2.85. The summed E-state index contributed by atoms with van der Waals surface area (Å²) >= 11 is 1.23. The molecular formula is C18H18N2O4S. The Morgan fingerprint density at radius 3 is 2.76 bits per heavy atom. The van der Waals surface area contributed by atoms with Gasteiger partial charge in [-0.1, -0.05) is 17.7 Å². The Balaban J connectivity index is 1.85. The molecule has 0 fully saturated rings. The van der Waals surface area contributed by atoms with Crippen LogP contribution in [0.5, 0.6) is 5.75 Å². The first kappa shape index (κ1) is 18.5. The van der Waals surface area contributed by atoms with E-state index in [1.807, 2.05) is 32.0 Å². The predicted molar refractivity (Wildman–Crippen MR) is 94.6 cm³/mol. The molecule has 7 heteroatoms. The van der Waals surface area contributed by atoms with Crippen LogP contribution >= 0.6 is 11.3 Å². The van der Waals surface area contributed by atoms with E-state index in [0.717, 1.165) is 11.1 Å². The van der Waals surface area contributed by atoms with E-state index >= 15 is 0 Å². The average molecular weight is 358 g/mol. The van der Waals surface area contributed by atoms with Crippen LogP contribution in [0.2, 0.25) is 0 Å². The van der Waals surface area contributed by atoms with Crippen LogP contribution < -0.4 is 10.1 Å². The number of nitrogens with one attached hydrogen (secondary N) is 1. The van der Waals surface area contributed by atoms with Gasteiger partial charge in [0.05, 0.1) is 5.56 Å². The number of hydrogen-bond donors (Lipinski definition) is 1. The second-order valence-electron chi connectivity index (χ2n) is 5.45. The van der Waals surface area contributed by atoms with E-state index in [2.05, 4.69) is 5.32 Å². The zero-order valence-corrected chi connectivity index (χ0v) is 15.0. The lowest BCUT2D eigenvalue weighted by atomic mass is 10.1. The Kier molecular flexibility index (Phi) is 6.14. The lowest BCUT2D eigenvalue weighted by Gasteiger charge is -2.14. The molecule has 1 aromatic carbocycles. The molecule has 1 aromatic heterocycles. The number of nitriles is 1. The van der Waals surface area contributed by atoms with Crippen molar-refractivity contribution < 1.29 is 19.1 Å². The topological polar surface area (TPSA) is 88.4 Å².